The maximum atomic E-state index is 13.1. The minimum Gasteiger partial charge on any atom is -0.340 e. The van der Waals surface area contributed by atoms with E-state index < -0.39 is 0 Å². The van der Waals surface area contributed by atoms with E-state index in [2.05, 4.69) is 13.8 Å². The Morgan fingerprint density at radius 2 is 1.92 bits per heavy atom. The Morgan fingerprint density at radius 1 is 1.24 bits per heavy atom. The van der Waals surface area contributed by atoms with Crippen LogP contribution in [0.3, 0.4) is 0 Å². The summed E-state index contributed by atoms with van der Waals surface area (Å²) >= 11 is 0. The average Bonchev–Trinajstić information content (AvgIpc) is 2.68. The van der Waals surface area contributed by atoms with Crippen molar-refractivity contribution >= 4 is 11.8 Å². The summed E-state index contributed by atoms with van der Waals surface area (Å²) in [5.74, 6) is 0.426. The summed E-state index contributed by atoms with van der Waals surface area (Å²) in [6.07, 6.45) is 3.46. The summed E-state index contributed by atoms with van der Waals surface area (Å²) < 4.78 is 13.1. The number of halogens is 1. The summed E-state index contributed by atoms with van der Waals surface area (Å²) in [4.78, 5) is 29.2. The molecule has 2 aliphatic rings. The van der Waals surface area contributed by atoms with Crippen molar-refractivity contribution in [3.8, 4) is 0 Å². The molecule has 0 spiro atoms. The van der Waals surface area contributed by atoms with Crippen molar-refractivity contribution in [3.05, 3.63) is 35.6 Å². The zero-order valence-corrected chi connectivity index (χ0v) is 15.1. The third kappa shape index (κ3) is 4.02. The van der Waals surface area contributed by atoms with E-state index in [0.717, 1.165) is 24.8 Å². The van der Waals surface area contributed by atoms with Gasteiger partial charge in [-0.15, -0.1) is 0 Å². The monoisotopic (exact) mass is 346 g/mol. The number of hydrogen-bond donors (Lipinski definition) is 0. The standard InChI is InChI=1S/C20H27FN2O2/c1-14(2)18-13-22(20(25)16-4-3-5-16)11-10-19(24)23(18)12-15-6-8-17(21)9-7-15/h6-9,14,16,18H,3-5,10-13H2,1-2H3/t18-/m0/s1. The fourth-order valence-corrected chi connectivity index (χ4v) is 3.65. The van der Waals surface area contributed by atoms with Crippen molar-refractivity contribution in [2.24, 2.45) is 11.8 Å². The first kappa shape index (κ1) is 17.9. The zero-order chi connectivity index (χ0) is 18.0. The van der Waals surface area contributed by atoms with Crippen LogP contribution in [0.1, 0.15) is 45.1 Å². The highest BCUT2D eigenvalue weighted by Crippen LogP contribution is 2.30. The zero-order valence-electron chi connectivity index (χ0n) is 15.1. The van der Waals surface area contributed by atoms with Gasteiger partial charge in [0.05, 0.1) is 6.04 Å². The molecule has 5 heteroatoms. The molecule has 0 aromatic heterocycles. The predicted octanol–water partition coefficient (Wildman–Crippen LogP) is 3.21. The second-order valence-electron chi connectivity index (χ2n) is 7.62. The van der Waals surface area contributed by atoms with Crippen molar-refractivity contribution in [3.63, 3.8) is 0 Å². The van der Waals surface area contributed by atoms with Crippen molar-refractivity contribution in [2.45, 2.75) is 52.1 Å². The van der Waals surface area contributed by atoms with Gasteiger partial charge in [0.25, 0.3) is 0 Å². The molecule has 1 saturated carbocycles. The molecule has 136 valence electrons. The van der Waals surface area contributed by atoms with Crippen molar-refractivity contribution < 1.29 is 14.0 Å². The van der Waals surface area contributed by atoms with Gasteiger partial charge in [-0.3, -0.25) is 9.59 Å². The van der Waals surface area contributed by atoms with Gasteiger partial charge in [-0.1, -0.05) is 32.4 Å². The van der Waals surface area contributed by atoms with Crippen LogP contribution in [-0.2, 0) is 16.1 Å². The van der Waals surface area contributed by atoms with Crippen LogP contribution in [0.15, 0.2) is 24.3 Å². The molecule has 2 amide bonds. The van der Waals surface area contributed by atoms with Gasteiger partial charge in [0.1, 0.15) is 5.82 Å². The number of carbonyl (C=O) groups is 2. The van der Waals surface area contributed by atoms with Crippen LogP contribution in [0, 0.1) is 17.7 Å². The molecule has 1 aliphatic heterocycles. The highest BCUT2D eigenvalue weighted by Gasteiger charge is 2.36. The average molecular weight is 346 g/mol. The Bertz CT molecular complexity index is 625. The Morgan fingerprint density at radius 3 is 2.48 bits per heavy atom. The molecular formula is C20H27FN2O2. The first-order valence-electron chi connectivity index (χ1n) is 9.28. The van der Waals surface area contributed by atoms with Gasteiger partial charge in [-0.05, 0) is 36.5 Å². The summed E-state index contributed by atoms with van der Waals surface area (Å²) in [6, 6.07) is 6.29. The molecule has 0 unspecified atom stereocenters. The molecule has 1 aromatic rings. The van der Waals surface area contributed by atoms with Crippen LogP contribution < -0.4 is 0 Å². The number of carbonyl (C=O) groups excluding carboxylic acids is 2. The summed E-state index contributed by atoms with van der Waals surface area (Å²) in [6.45, 7) is 5.75. The van der Waals surface area contributed by atoms with Gasteiger partial charge in [0.2, 0.25) is 11.8 Å². The van der Waals surface area contributed by atoms with Crippen molar-refractivity contribution in [1.29, 1.82) is 0 Å². The van der Waals surface area contributed by atoms with E-state index in [1.807, 2.05) is 9.80 Å². The Hall–Kier alpha value is -1.91. The number of hydrogen-bond acceptors (Lipinski definition) is 2. The molecule has 1 heterocycles. The largest absolute Gasteiger partial charge is 0.340 e. The first-order chi connectivity index (χ1) is 12.0. The van der Waals surface area contributed by atoms with E-state index >= 15 is 0 Å². The van der Waals surface area contributed by atoms with E-state index in [1.165, 1.54) is 12.1 Å². The first-order valence-corrected chi connectivity index (χ1v) is 9.28. The van der Waals surface area contributed by atoms with Crippen LogP contribution >= 0.6 is 0 Å². The predicted molar refractivity (Wildman–Crippen MR) is 94.1 cm³/mol. The van der Waals surface area contributed by atoms with Crippen molar-refractivity contribution in [1.82, 2.24) is 9.80 Å². The van der Waals surface area contributed by atoms with Gasteiger partial charge in [-0.2, -0.15) is 0 Å². The van der Waals surface area contributed by atoms with Gasteiger partial charge in [0.15, 0.2) is 0 Å². The molecule has 1 atom stereocenters. The second-order valence-corrected chi connectivity index (χ2v) is 7.62. The lowest BCUT2D eigenvalue weighted by Gasteiger charge is -2.36. The van der Waals surface area contributed by atoms with Crippen LogP contribution in [0.25, 0.3) is 0 Å². The highest BCUT2D eigenvalue weighted by molar-refractivity contribution is 5.82. The molecule has 25 heavy (non-hydrogen) atoms. The summed E-state index contributed by atoms with van der Waals surface area (Å²) in [5.41, 5.74) is 0.916. The van der Waals surface area contributed by atoms with Gasteiger partial charge in [0, 0.05) is 32.0 Å². The molecule has 1 aliphatic carbocycles. The molecule has 4 nitrogen and oxygen atoms in total. The SMILES string of the molecule is CC(C)[C@@H]1CN(C(=O)C2CCC2)CCC(=O)N1Cc1ccc(F)cc1. The molecule has 2 fully saturated rings. The van der Waals surface area contributed by atoms with Crippen LogP contribution in [0.5, 0.6) is 0 Å². The third-order valence-electron chi connectivity index (χ3n) is 5.53. The maximum Gasteiger partial charge on any atom is 0.225 e. The Balaban J connectivity index is 1.77. The lowest BCUT2D eigenvalue weighted by atomic mass is 9.84. The van der Waals surface area contributed by atoms with Crippen LogP contribution in [0.2, 0.25) is 0 Å². The second kappa shape index (κ2) is 7.54. The van der Waals surface area contributed by atoms with Gasteiger partial charge >= 0.3 is 0 Å². The minimum atomic E-state index is -0.274. The van der Waals surface area contributed by atoms with Crippen LogP contribution in [0.4, 0.5) is 4.39 Å². The van der Waals surface area contributed by atoms with Gasteiger partial charge in [-0.25, -0.2) is 4.39 Å². The molecule has 3 rings (SSSR count). The van der Waals surface area contributed by atoms with E-state index in [4.69, 9.17) is 0 Å². The maximum absolute atomic E-state index is 13.1. The molecule has 0 bridgehead atoms. The van der Waals surface area contributed by atoms with Crippen LogP contribution in [-0.4, -0.2) is 40.7 Å². The Kier molecular flexibility index (Phi) is 5.40. The van der Waals surface area contributed by atoms with Crippen molar-refractivity contribution in [2.75, 3.05) is 13.1 Å². The quantitative estimate of drug-likeness (QED) is 0.840. The smallest absolute Gasteiger partial charge is 0.225 e. The molecule has 1 aromatic carbocycles. The molecule has 0 N–H and O–H groups in total. The summed E-state index contributed by atoms with van der Waals surface area (Å²) in [5, 5.41) is 0. The third-order valence-corrected chi connectivity index (χ3v) is 5.53. The fraction of sp³-hybridized carbons (Fsp3) is 0.600. The normalized spacial score (nSPS) is 22.1. The van der Waals surface area contributed by atoms with E-state index in [9.17, 15) is 14.0 Å². The highest BCUT2D eigenvalue weighted by atomic mass is 19.1. The minimum absolute atomic E-state index is 0.0101. The number of amides is 2. The lowest BCUT2D eigenvalue weighted by Crippen LogP contribution is -2.48. The summed E-state index contributed by atoms with van der Waals surface area (Å²) in [7, 11) is 0. The topological polar surface area (TPSA) is 40.6 Å². The number of nitrogens with zero attached hydrogens (tertiary/aromatic N) is 2. The van der Waals surface area contributed by atoms with Gasteiger partial charge < -0.3 is 9.80 Å². The molecular weight excluding hydrogens is 319 g/mol. The van der Waals surface area contributed by atoms with E-state index in [0.29, 0.717) is 26.1 Å². The molecule has 1 saturated heterocycles. The lowest BCUT2D eigenvalue weighted by molar-refractivity contribution is -0.139. The molecule has 0 radical (unpaired) electrons. The number of rotatable bonds is 4. The van der Waals surface area contributed by atoms with E-state index in [-0.39, 0.29) is 35.5 Å². The fourth-order valence-electron chi connectivity index (χ4n) is 3.65. The Labute approximate surface area is 149 Å². The number of benzene rings is 1. The van der Waals surface area contributed by atoms with E-state index in [1.54, 1.807) is 12.1 Å².